The topological polar surface area (TPSA) is 47.5 Å². The van der Waals surface area contributed by atoms with Gasteiger partial charge in [-0.25, -0.2) is 9.97 Å². The summed E-state index contributed by atoms with van der Waals surface area (Å²) in [5.41, 5.74) is 1.25. The molecule has 110 valence electrons. The average Bonchev–Trinajstić information content (AvgIpc) is 2.57. The summed E-state index contributed by atoms with van der Waals surface area (Å²) >= 11 is 0. The van der Waals surface area contributed by atoms with Crippen LogP contribution in [0.15, 0.2) is 42.7 Å². The van der Waals surface area contributed by atoms with Crippen LogP contribution in [0.25, 0.3) is 0 Å². The Balaban J connectivity index is 1.63. The van der Waals surface area contributed by atoms with E-state index in [1.54, 1.807) is 19.5 Å². The molecular weight excluding hydrogens is 266 g/mol. The number of anilines is 1. The van der Waals surface area contributed by atoms with Gasteiger partial charge >= 0.3 is 0 Å². The molecule has 0 amide bonds. The summed E-state index contributed by atoms with van der Waals surface area (Å²) in [5.74, 6) is 1.66. The highest BCUT2D eigenvalue weighted by Crippen LogP contribution is 2.17. The largest absolute Gasteiger partial charge is 0.497 e. The van der Waals surface area contributed by atoms with E-state index in [-0.39, 0.29) is 6.10 Å². The van der Waals surface area contributed by atoms with E-state index in [9.17, 15) is 0 Å². The lowest BCUT2D eigenvalue weighted by Gasteiger charge is -2.33. The standard InChI is InChI=1S/C16H19N3O2/c1-20-14-5-3-13(4-6-14)11-15-12-19(9-10-21-15)16-17-7-2-8-18-16/h2-8,15H,9-12H2,1H3/t15-/m1/s1. The van der Waals surface area contributed by atoms with E-state index in [0.717, 1.165) is 31.2 Å². The van der Waals surface area contributed by atoms with Crippen molar-refractivity contribution < 1.29 is 9.47 Å². The van der Waals surface area contributed by atoms with Crippen LogP contribution in [0.4, 0.5) is 5.95 Å². The molecule has 1 aromatic heterocycles. The number of rotatable bonds is 4. The molecular formula is C16H19N3O2. The third kappa shape index (κ3) is 3.49. The second-order valence-corrected chi connectivity index (χ2v) is 5.04. The average molecular weight is 285 g/mol. The molecule has 0 aliphatic carbocycles. The van der Waals surface area contributed by atoms with Crippen LogP contribution in [0.1, 0.15) is 5.56 Å². The molecule has 1 atom stereocenters. The molecule has 2 aromatic rings. The fourth-order valence-electron chi connectivity index (χ4n) is 2.50. The van der Waals surface area contributed by atoms with E-state index < -0.39 is 0 Å². The number of hydrogen-bond donors (Lipinski definition) is 0. The Labute approximate surface area is 124 Å². The lowest BCUT2D eigenvalue weighted by molar-refractivity contribution is 0.0405. The van der Waals surface area contributed by atoms with Gasteiger partial charge in [0.25, 0.3) is 0 Å². The van der Waals surface area contributed by atoms with Gasteiger partial charge < -0.3 is 14.4 Å². The summed E-state index contributed by atoms with van der Waals surface area (Å²) in [6.45, 7) is 2.36. The van der Waals surface area contributed by atoms with Gasteiger partial charge in [0.2, 0.25) is 5.95 Å². The van der Waals surface area contributed by atoms with Crippen LogP contribution in [0.3, 0.4) is 0 Å². The van der Waals surface area contributed by atoms with Crippen molar-refractivity contribution in [1.82, 2.24) is 9.97 Å². The number of nitrogens with zero attached hydrogens (tertiary/aromatic N) is 3. The molecule has 5 heteroatoms. The van der Waals surface area contributed by atoms with E-state index in [4.69, 9.17) is 9.47 Å². The van der Waals surface area contributed by atoms with Gasteiger partial charge in [0.05, 0.1) is 19.8 Å². The molecule has 0 spiro atoms. The van der Waals surface area contributed by atoms with Crippen molar-refractivity contribution in [2.75, 3.05) is 31.7 Å². The van der Waals surface area contributed by atoms with Crippen LogP contribution in [0.2, 0.25) is 0 Å². The van der Waals surface area contributed by atoms with E-state index in [1.807, 2.05) is 18.2 Å². The first-order chi connectivity index (χ1) is 10.3. The molecule has 1 aliphatic heterocycles. The first kappa shape index (κ1) is 13.8. The van der Waals surface area contributed by atoms with Gasteiger partial charge in [-0.15, -0.1) is 0 Å². The maximum absolute atomic E-state index is 5.86. The molecule has 5 nitrogen and oxygen atoms in total. The monoisotopic (exact) mass is 285 g/mol. The van der Waals surface area contributed by atoms with Gasteiger partial charge in [0.15, 0.2) is 0 Å². The van der Waals surface area contributed by atoms with E-state index in [2.05, 4.69) is 27.0 Å². The first-order valence-electron chi connectivity index (χ1n) is 7.11. The Morgan fingerprint density at radius 3 is 2.71 bits per heavy atom. The molecule has 0 unspecified atom stereocenters. The molecule has 1 aliphatic rings. The van der Waals surface area contributed by atoms with Gasteiger partial charge in [-0.3, -0.25) is 0 Å². The Morgan fingerprint density at radius 1 is 1.24 bits per heavy atom. The maximum Gasteiger partial charge on any atom is 0.225 e. The van der Waals surface area contributed by atoms with E-state index in [0.29, 0.717) is 6.61 Å². The molecule has 0 radical (unpaired) electrons. The van der Waals surface area contributed by atoms with Crippen LogP contribution in [0, 0.1) is 0 Å². The molecule has 0 saturated carbocycles. The highest BCUT2D eigenvalue weighted by atomic mass is 16.5. The van der Waals surface area contributed by atoms with Gasteiger partial charge in [-0.2, -0.15) is 0 Å². The molecule has 2 heterocycles. The van der Waals surface area contributed by atoms with Crippen molar-refractivity contribution in [2.45, 2.75) is 12.5 Å². The summed E-state index contributed by atoms with van der Waals surface area (Å²) in [5, 5.41) is 0. The number of morpholine rings is 1. The molecule has 1 aromatic carbocycles. The fraction of sp³-hybridized carbons (Fsp3) is 0.375. The number of hydrogen-bond acceptors (Lipinski definition) is 5. The molecule has 0 N–H and O–H groups in total. The summed E-state index contributed by atoms with van der Waals surface area (Å²) in [6, 6.07) is 9.96. The number of benzene rings is 1. The number of aromatic nitrogens is 2. The summed E-state index contributed by atoms with van der Waals surface area (Å²) in [6.07, 6.45) is 4.59. The van der Waals surface area contributed by atoms with Crippen LogP contribution < -0.4 is 9.64 Å². The van der Waals surface area contributed by atoms with Gasteiger partial charge in [0, 0.05) is 31.9 Å². The van der Waals surface area contributed by atoms with E-state index in [1.165, 1.54) is 5.56 Å². The lowest BCUT2D eigenvalue weighted by Crippen LogP contribution is -2.44. The van der Waals surface area contributed by atoms with E-state index >= 15 is 0 Å². The summed E-state index contributed by atoms with van der Waals surface area (Å²) < 4.78 is 11.0. The molecule has 3 rings (SSSR count). The normalized spacial score (nSPS) is 18.5. The molecule has 0 bridgehead atoms. The zero-order valence-corrected chi connectivity index (χ0v) is 12.1. The van der Waals surface area contributed by atoms with Crippen molar-refractivity contribution in [2.24, 2.45) is 0 Å². The van der Waals surface area contributed by atoms with Crippen LogP contribution in [-0.2, 0) is 11.2 Å². The Morgan fingerprint density at radius 2 is 2.00 bits per heavy atom. The zero-order valence-electron chi connectivity index (χ0n) is 12.1. The van der Waals surface area contributed by atoms with Gasteiger partial charge in [-0.05, 0) is 23.8 Å². The molecule has 1 saturated heterocycles. The van der Waals surface area contributed by atoms with Crippen LogP contribution >= 0.6 is 0 Å². The third-order valence-corrected chi connectivity index (χ3v) is 3.60. The predicted molar refractivity (Wildman–Crippen MR) is 80.7 cm³/mol. The highest BCUT2D eigenvalue weighted by Gasteiger charge is 2.22. The Bertz CT molecular complexity index is 559. The number of ether oxygens (including phenoxy) is 2. The maximum atomic E-state index is 5.86. The number of methoxy groups -OCH3 is 1. The molecule has 1 fully saturated rings. The Kier molecular flexibility index (Phi) is 4.31. The minimum absolute atomic E-state index is 0.163. The van der Waals surface area contributed by atoms with Gasteiger partial charge in [0.1, 0.15) is 5.75 Å². The minimum atomic E-state index is 0.163. The smallest absolute Gasteiger partial charge is 0.225 e. The SMILES string of the molecule is COc1ccc(C[C@@H]2CN(c3ncccn3)CCO2)cc1. The predicted octanol–water partition coefficient (Wildman–Crippen LogP) is 1.93. The van der Waals surface area contributed by atoms with Gasteiger partial charge in [-0.1, -0.05) is 12.1 Å². The second-order valence-electron chi connectivity index (χ2n) is 5.04. The van der Waals surface area contributed by atoms with Crippen molar-refractivity contribution in [3.8, 4) is 5.75 Å². The Hall–Kier alpha value is -2.14. The summed E-state index contributed by atoms with van der Waals surface area (Å²) in [4.78, 5) is 10.8. The summed E-state index contributed by atoms with van der Waals surface area (Å²) in [7, 11) is 1.68. The van der Waals surface area contributed by atoms with Crippen molar-refractivity contribution >= 4 is 5.95 Å². The molecule has 21 heavy (non-hydrogen) atoms. The van der Waals surface area contributed by atoms with Crippen LogP contribution in [0.5, 0.6) is 5.75 Å². The second kappa shape index (κ2) is 6.54. The minimum Gasteiger partial charge on any atom is -0.497 e. The van der Waals surface area contributed by atoms with Crippen molar-refractivity contribution in [3.05, 3.63) is 48.3 Å². The highest BCUT2D eigenvalue weighted by molar-refractivity contribution is 5.31. The van der Waals surface area contributed by atoms with Crippen LogP contribution in [-0.4, -0.2) is 42.9 Å². The third-order valence-electron chi connectivity index (χ3n) is 3.60. The first-order valence-corrected chi connectivity index (χ1v) is 7.11. The quantitative estimate of drug-likeness (QED) is 0.859. The fourth-order valence-corrected chi connectivity index (χ4v) is 2.50. The van der Waals surface area contributed by atoms with Crippen molar-refractivity contribution in [3.63, 3.8) is 0 Å². The lowest BCUT2D eigenvalue weighted by atomic mass is 10.1. The van der Waals surface area contributed by atoms with Crippen molar-refractivity contribution in [1.29, 1.82) is 0 Å². The zero-order chi connectivity index (χ0) is 14.5.